The van der Waals surface area contributed by atoms with Crippen molar-refractivity contribution in [2.45, 2.75) is 13.8 Å². The lowest BCUT2D eigenvalue weighted by molar-refractivity contribution is 0.608. The fraction of sp³-hybridized carbons (Fsp3) is 0.250. The first-order chi connectivity index (χ1) is 7.54. The Bertz CT molecular complexity index is 565. The van der Waals surface area contributed by atoms with Gasteiger partial charge in [-0.3, -0.25) is 0 Å². The van der Waals surface area contributed by atoms with Crippen LogP contribution in [0.15, 0.2) is 12.1 Å². The third kappa shape index (κ3) is 1.50. The number of nitrogens with one attached hydrogen (secondary N) is 1. The quantitative estimate of drug-likeness (QED) is 0.801. The molecule has 0 unspecified atom stereocenters. The zero-order chi connectivity index (χ0) is 11.9. The lowest BCUT2D eigenvalue weighted by atomic mass is 10.1. The minimum absolute atomic E-state index is 0.0676. The first-order valence-corrected chi connectivity index (χ1v) is 4.98. The van der Waals surface area contributed by atoms with E-state index in [0.717, 1.165) is 5.56 Å². The normalized spacial score (nSPS) is 10.8. The van der Waals surface area contributed by atoms with Gasteiger partial charge in [0.05, 0.1) is 0 Å². The van der Waals surface area contributed by atoms with Crippen LogP contribution in [0.1, 0.15) is 11.1 Å². The number of rotatable bonds is 1. The minimum atomic E-state index is -0.495. The lowest BCUT2D eigenvalue weighted by Gasteiger charge is -2.09. The van der Waals surface area contributed by atoms with Crippen molar-refractivity contribution in [3.63, 3.8) is 0 Å². The Balaban J connectivity index is 2.90. The van der Waals surface area contributed by atoms with Crippen molar-refractivity contribution in [1.82, 2.24) is 4.98 Å². The van der Waals surface area contributed by atoms with Gasteiger partial charge >= 0.3 is 0 Å². The summed E-state index contributed by atoms with van der Waals surface area (Å²) in [6, 6.07) is 2.78. The van der Waals surface area contributed by atoms with Crippen LogP contribution in [0, 0.1) is 25.5 Å². The van der Waals surface area contributed by atoms with Crippen LogP contribution in [-0.4, -0.2) is 12.0 Å². The second kappa shape index (κ2) is 3.70. The summed E-state index contributed by atoms with van der Waals surface area (Å²) >= 11 is 0. The molecule has 2 nitrogen and oxygen atoms in total. The standard InChI is InChI=1S/C12H12F2N2/c1-6-5-9(13)11-8(10(6)14)4-7(2)12(15-3)16-11/h4-5H,1-3H3,(H,15,16). The number of halogens is 2. The van der Waals surface area contributed by atoms with E-state index in [4.69, 9.17) is 0 Å². The summed E-state index contributed by atoms with van der Waals surface area (Å²) in [5.41, 5.74) is 1.15. The van der Waals surface area contributed by atoms with Crippen molar-refractivity contribution >= 4 is 16.7 Å². The second-order valence-electron chi connectivity index (χ2n) is 3.79. The van der Waals surface area contributed by atoms with Gasteiger partial charge in [0.15, 0.2) is 0 Å². The summed E-state index contributed by atoms with van der Waals surface area (Å²) < 4.78 is 27.4. The van der Waals surface area contributed by atoms with E-state index in [1.807, 2.05) is 0 Å². The zero-order valence-electron chi connectivity index (χ0n) is 9.36. The molecule has 0 bridgehead atoms. The molecule has 2 rings (SSSR count). The Kier molecular flexibility index (Phi) is 2.50. The molecule has 1 aromatic heterocycles. The fourth-order valence-electron chi connectivity index (χ4n) is 1.75. The highest BCUT2D eigenvalue weighted by Gasteiger charge is 2.12. The highest BCUT2D eigenvalue weighted by atomic mass is 19.1. The lowest BCUT2D eigenvalue weighted by Crippen LogP contribution is -1.99. The average Bonchev–Trinajstić information content (AvgIpc) is 2.25. The number of aromatic nitrogens is 1. The van der Waals surface area contributed by atoms with Crippen LogP contribution in [0.4, 0.5) is 14.6 Å². The summed E-state index contributed by atoms with van der Waals surface area (Å²) in [7, 11) is 1.70. The van der Waals surface area contributed by atoms with E-state index in [9.17, 15) is 8.78 Å². The molecule has 0 saturated heterocycles. The molecular weight excluding hydrogens is 210 g/mol. The number of hydrogen-bond donors (Lipinski definition) is 1. The maximum Gasteiger partial charge on any atom is 0.149 e. The van der Waals surface area contributed by atoms with E-state index in [0.29, 0.717) is 11.4 Å². The summed E-state index contributed by atoms with van der Waals surface area (Å²) in [5, 5.41) is 3.08. The van der Waals surface area contributed by atoms with Crippen LogP contribution in [0.3, 0.4) is 0 Å². The summed E-state index contributed by atoms with van der Waals surface area (Å²) in [6.45, 7) is 3.34. The van der Waals surface area contributed by atoms with Crippen LogP contribution in [0.5, 0.6) is 0 Å². The number of nitrogens with zero attached hydrogens (tertiary/aromatic N) is 1. The smallest absolute Gasteiger partial charge is 0.149 e. The highest BCUT2D eigenvalue weighted by Crippen LogP contribution is 2.26. The largest absolute Gasteiger partial charge is 0.373 e. The van der Waals surface area contributed by atoms with E-state index in [1.165, 1.54) is 6.07 Å². The van der Waals surface area contributed by atoms with Gasteiger partial charge in [0.2, 0.25) is 0 Å². The number of anilines is 1. The molecule has 0 amide bonds. The second-order valence-corrected chi connectivity index (χ2v) is 3.79. The van der Waals surface area contributed by atoms with Gasteiger partial charge in [0, 0.05) is 12.4 Å². The van der Waals surface area contributed by atoms with Gasteiger partial charge in [-0.1, -0.05) is 0 Å². The molecule has 1 heterocycles. The van der Waals surface area contributed by atoms with Crippen LogP contribution >= 0.6 is 0 Å². The van der Waals surface area contributed by atoms with Crippen molar-refractivity contribution in [3.05, 3.63) is 34.9 Å². The Hall–Kier alpha value is -1.71. The van der Waals surface area contributed by atoms with E-state index in [2.05, 4.69) is 10.3 Å². The number of benzene rings is 1. The maximum absolute atomic E-state index is 13.8. The first kappa shape index (κ1) is 10.8. The number of aryl methyl sites for hydroxylation is 2. The Labute approximate surface area is 92.3 Å². The van der Waals surface area contributed by atoms with Crippen molar-refractivity contribution in [2.75, 3.05) is 12.4 Å². The number of hydrogen-bond acceptors (Lipinski definition) is 2. The molecule has 0 fully saturated rings. The van der Waals surface area contributed by atoms with Crippen LogP contribution in [0.2, 0.25) is 0 Å². The molecule has 0 saturated carbocycles. The number of fused-ring (bicyclic) bond motifs is 1. The van der Waals surface area contributed by atoms with Crippen molar-refractivity contribution in [2.24, 2.45) is 0 Å². The topological polar surface area (TPSA) is 24.9 Å². The Morgan fingerprint density at radius 1 is 1.12 bits per heavy atom. The molecular formula is C12H12F2N2. The summed E-state index contributed by atoms with van der Waals surface area (Å²) in [5.74, 6) is -0.338. The molecule has 0 spiro atoms. The molecule has 84 valence electrons. The highest BCUT2D eigenvalue weighted by molar-refractivity contribution is 5.83. The van der Waals surface area contributed by atoms with E-state index in [1.54, 1.807) is 27.0 Å². The van der Waals surface area contributed by atoms with E-state index in [-0.39, 0.29) is 10.9 Å². The van der Waals surface area contributed by atoms with Gasteiger partial charge in [-0.05, 0) is 37.1 Å². The predicted molar refractivity (Wildman–Crippen MR) is 60.7 cm³/mol. The molecule has 16 heavy (non-hydrogen) atoms. The van der Waals surface area contributed by atoms with Crippen molar-refractivity contribution < 1.29 is 8.78 Å². The first-order valence-electron chi connectivity index (χ1n) is 4.98. The molecule has 0 aliphatic heterocycles. The number of pyridine rings is 1. The summed E-state index contributed by atoms with van der Waals surface area (Å²) in [4.78, 5) is 4.07. The van der Waals surface area contributed by atoms with Gasteiger partial charge in [0.1, 0.15) is 23.0 Å². The predicted octanol–water partition coefficient (Wildman–Crippen LogP) is 3.17. The van der Waals surface area contributed by atoms with Gasteiger partial charge in [-0.25, -0.2) is 13.8 Å². The molecule has 0 aliphatic rings. The maximum atomic E-state index is 13.8. The van der Waals surface area contributed by atoms with E-state index < -0.39 is 11.6 Å². The molecule has 0 aliphatic carbocycles. The average molecular weight is 222 g/mol. The minimum Gasteiger partial charge on any atom is -0.373 e. The van der Waals surface area contributed by atoms with Crippen molar-refractivity contribution in [1.29, 1.82) is 0 Å². The Morgan fingerprint density at radius 3 is 2.44 bits per heavy atom. The van der Waals surface area contributed by atoms with Gasteiger partial charge in [-0.15, -0.1) is 0 Å². The molecule has 1 aromatic carbocycles. The molecule has 4 heteroatoms. The fourth-order valence-corrected chi connectivity index (χ4v) is 1.75. The molecule has 1 N–H and O–H groups in total. The van der Waals surface area contributed by atoms with E-state index >= 15 is 0 Å². The van der Waals surface area contributed by atoms with Crippen LogP contribution < -0.4 is 5.32 Å². The third-order valence-electron chi connectivity index (χ3n) is 2.60. The van der Waals surface area contributed by atoms with Crippen LogP contribution in [0.25, 0.3) is 10.9 Å². The van der Waals surface area contributed by atoms with Crippen LogP contribution in [-0.2, 0) is 0 Å². The van der Waals surface area contributed by atoms with Gasteiger partial charge in [0.25, 0.3) is 0 Å². The third-order valence-corrected chi connectivity index (χ3v) is 2.60. The Morgan fingerprint density at radius 2 is 1.81 bits per heavy atom. The zero-order valence-corrected chi connectivity index (χ0v) is 9.36. The molecule has 2 aromatic rings. The van der Waals surface area contributed by atoms with Crippen molar-refractivity contribution in [3.8, 4) is 0 Å². The summed E-state index contributed by atoms with van der Waals surface area (Å²) in [6.07, 6.45) is 0. The molecule has 0 atom stereocenters. The molecule has 0 radical (unpaired) electrons. The van der Waals surface area contributed by atoms with Gasteiger partial charge < -0.3 is 5.32 Å². The SMILES string of the molecule is CNc1nc2c(F)cc(C)c(F)c2cc1C. The monoisotopic (exact) mass is 222 g/mol. The van der Waals surface area contributed by atoms with Gasteiger partial charge in [-0.2, -0.15) is 0 Å².